The summed E-state index contributed by atoms with van der Waals surface area (Å²) in [6, 6.07) is 5.96. The van der Waals surface area contributed by atoms with Gasteiger partial charge in [-0.1, -0.05) is 23.7 Å². The number of carbonyl (C=O) groups is 4. The molecule has 1 heterocycles. The molecule has 146 valence electrons. The largest absolute Gasteiger partial charge is 0.464 e. The number of halogens is 1. The van der Waals surface area contributed by atoms with Gasteiger partial charge in [0.2, 0.25) is 11.8 Å². The second-order valence-electron chi connectivity index (χ2n) is 6.04. The van der Waals surface area contributed by atoms with Gasteiger partial charge < -0.3 is 20.3 Å². The van der Waals surface area contributed by atoms with E-state index in [9.17, 15) is 19.2 Å². The van der Waals surface area contributed by atoms with Crippen molar-refractivity contribution in [3.8, 4) is 0 Å². The summed E-state index contributed by atoms with van der Waals surface area (Å²) in [6.07, 6.45) is 1.25. The molecule has 27 heavy (non-hydrogen) atoms. The minimum Gasteiger partial charge on any atom is -0.464 e. The van der Waals surface area contributed by atoms with Crippen LogP contribution in [0.1, 0.15) is 30.1 Å². The number of likely N-dealkylation sites (tertiary alicyclic amines) is 1. The van der Waals surface area contributed by atoms with E-state index < -0.39 is 17.9 Å². The molecule has 1 saturated heterocycles. The standard InChI is InChI=1S/C18H22ClN3O5/c1-12(23)27-10-8-20-18(26)15-7-4-9-22(15)16(24)11-21-17(25)13-5-2-3-6-14(13)19/h2-3,5-6,15H,4,7-11H2,1H3,(H,20,26)(H,21,25)/t15-/m0/s1. The lowest BCUT2D eigenvalue weighted by molar-refractivity contribution is -0.141. The molecule has 2 N–H and O–H groups in total. The van der Waals surface area contributed by atoms with E-state index in [4.69, 9.17) is 16.3 Å². The van der Waals surface area contributed by atoms with Crippen LogP contribution in [0.25, 0.3) is 0 Å². The van der Waals surface area contributed by atoms with E-state index in [1.54, 1.807) is 24.3 Å². The molecule has 1 atom stereocenters. The number of benzene rings is 1. The van der Waals surface area contributed by atoms with Crippen LogP contribution < -0.4 is 10.6 Å². The fraction of sp³-hybridized carbons (Fsp3) is 0.444. The first-order chi connectivity index (χ1) is 12.9. The number of esters is 1. The maximum absolute atomic E-state index is 12.4. The Kier molecular flexibility index (Phi) is 7.60. The minimum absolute atomic E-state index is 0.0790. The first-order valence-corrected chi connectivity index (χ1v) is 9.01. The first-order valence-electron chi connectivity index (χ1n) is 8.63. The van der Waals surface area contributed by atoms with Crippen molar-refractivity contribution in [1.29, 1.82) is 0 Å². The summed E-state index contributed by atoms with van der Waals surface area (Å²) in [7, 11) is 0. The van der Waals surface area contributed by atoms with Gasteiger partial charge >= 0.3 is 5.97 Å². The van der Waals surface area contributed by atoms with Crippen molar-refractivity contribution in [3.05, 3.63) is 34.9 Å². The molecular weight excluding hydrogens is 374 g/mol. The van der Waals surface area contributed by atoms with Crippen LogP contribution in [0, 0.1) is 0 Å². The molecule has 3 amide bonds. The average Bonchev–Trinajstić information content (AvgIpc) is 3.13. The van der Waals surface area contributed by atoms with Crippen molar-refractivity contribution < 1.29 is 23.9 Å². The van der Waals surface area contributed by atoms with Crippen molar-refractivity contribution in [1.82, 2.24) is 15.5 Å². The summed E-state index contributed by atoms with van der Waals surface area (Å²) in [6.45, 7) is 1.77. The quantitative estimate of drug-likeness (QED) is 0.523. The van der Waals surface area contributed by atoms with Crippen LogP contribution in [-0.2, 0) is 19.1 Å². The molecule has 2 rings (SSSR count). The van der Waals surface area contributed by atoms with E-state index in [2.05, 4.69) is 10.6 Å². The summed E-state index contributed by atoms with van der Waals surface area (Å²) in [5, 5.41) is 5.48. The molecule has 1 aromatic carbocycles. The summed E-state index contributed by atoms with van der Waals surface area (Å²) in [4.78, 5) is 49.0. The lowest BCUT2D eigenvalue weighted by atomic mass is 10.2. The van der Waals surface area contributed by atoms with Gasteiger partial charge in [0.05, 0.1) is 23.7 Å². The Bertz CT molecular complexity index is 725. The number of rotatable bonds is 7. The third kappa shape index (κ3) is 5.96. The fourth-order valence-corrected chi connectivity index (χ4v) is 3.04. The van der Waals surface area contributed by atoms with E-state index >= 15 is 0 Å². The minimum atomic E-state index is -0.591. The number of hydrogen-bond acceptors (Lipinski definition) is 5. The maximum atomic E-state index is 12.4. The van der Waals surface area contributed by atoms with Gasteiger partial charge in [-0.05, 0) is 25.0 Å². The summed E-state index contributed by atoms with van der Waals surface area (Å²) < 4.78 is 4.75. The molecule has 0 bridgehead atoms. The van der Waals surface area contributed by atoms with Gasteiger partial charge in [0, 0.05) is 13.5 Å². The van der Waals surface area contributed by atoms with Crippen LogP contribution in [-0.4, -0.2) is 60.9 Å². The Morgan fingerprint density at radius 3 is 2.67 bits per heavy atom. The predicted octanol–water partition coefficient (Wildman–Crippen LogP) is 0.740. The summed E-state index contributed by atoms with van der Waals surface area (Å²) in [5.41, 5.74) is 0.285. The Morgan fingerprint density at radius 2 is 1.96 bits per heavy atom. The highest BCUT2D eigenvalue weighted by Gasteiger charge is 2.33. The van der Waals surface area contributed by atoms with Gasteiger partial charge in [-0.3, -0.25) is 19.2 Å². The maximum Gasteiger partial charge on any atom is 0.302 e. The van der Waals surface area contributed by atoms with E-state index in [1.807, 2.05) is 0 Å². The molecule has 0 aliphatic carbocycles. The van der Waals surface area contributed by atoms with Crippen LogP contribution in [0.3, 0.4) is 0 Å². The molecule has 0 saturated carbocycles. The van der Waals surface area contributed by atoms with Gasteiger partial charge in [0.1, 0.15) is 12.6 Å². The lowest BCUT2D eigenvalue weighted by Gasteiger charge is -2.24. The van der Waals surface area contributed by atoms with Gasteiger partial charge in [0.15, 0.2) is 0 Å². The molecule has 0 radical (unpaired) electrons. The number of nitrogens with one attached hydrogen (secondary N) is 2. The molecule has 1 fully saturated rings. The number of ether oxygens (including phenoxy) is 1. The topological polar surface area (TPSA) is 105 Å². The lowest BCUT2D eigenvalue weighted by Crippen LogP contribution is -2.49. The second kappa shape index (κ2) is 9.91. The average molecular weight is 396 g/mol. The summed E-state index contributed by atoms with van der Waals surface area (Å²) >= 11 is 5.97. The van der Waals surface area contributed by atoms with Crippen molar-refractivity contribution in [3.63, 3.8) is 0 Å². The third-order valence-electron chi connectivity index (χ3n) is 4.10. The van der Waals surface area contributed by atoms with Crippen LogP contribution >= 0.6 is 11.6 Å². The molecule has 0 unspecified atom stereocenters. The highest BCUT2D eigenvalue weighted by molar-refractivity contribution is 6.33. The molecule has 1 aromatic rings. The normalized spacial score (nSPS) is 15.9. The first kappa shape index (κ1) is 20.7. The summed E-state index contributed by atoms with van der Waals surface area (Å²) in [5.74, 6) is -1.51. The Morgan fingerprint density at radius 1 is 1.22 bits per heavy atom. The molecule has 0 aromatic heterocycles. The Labute approximate surface area is 162 Å². The van der Waals surface area contributed by atoms with Crippen molar-refractivity contribution in [2.45, 2.75) is 25.8 Å². The van der Waals surface area contributed by atoms with Crippen molar-refractivity contribution in [2.75, 3.05) is 26.2 Å². The zero-order chi connectivity index (χ0) is 19.8. The van der Waals surface area contributed by atoms with E-state index in [0.29, 0.717) is 24.4 Å². The number of amides is 3. The van der Waals surface area contributed by atoms with Gasteiger partial charge in [-0.15, -0.1) is 0 Å². The molecule has 0 spiro atoms. The predicted molar refractivity (Wildman–Crippen MR) is 98.2 cm³/mol. The van der Waals surface area contributed by atoms with Crippen LogP contribution in [0.5, 0.6) is 0 Å². The fourth-order valence-electron chi connectivity index (χ4n) is 2.82. The number of hydrogen-bond donors (Lipinski definition) is 2. The van der Waals surface area contributed by atoms with Crippen LogP contribution in [0.15, 0.2) is 24.3 Å². The van der Waals surface area contributed by atoms with E-state index in [0.717, 1.165) is 0 Å². The van der Waals surface area contributed by atoms with Gasteiger partial charge in [-0.25, -0.2) is 0 Å². The molecular formula is C18H22ClN3O5. The van der Waals surface area contributed by atoms with Crippen molar-refractivity contribution >= 4 is 35.3 Å². The van der Waals surface area contributed by atoms with E-state index in [1.165, 1.54) is 11.8 Å². The zero-order valence-corrected chi connectivity index (χ0v) is 15.8. The molecule has 9 heteroatoms. The van der Waals surface area contributed by atoms with Crippen LogP contribution in [0.4, 0.5) is 0 Å². The Balaban J connectivity index is 1.84. The van der Waals surface area contributed by atoms with Gasteiger partial charge in [-0.2, -0.15) is 0 Å². The van der Waals surface area contributed by atoms with Gasteiger partial charge in [0.25, 0.3) is 5.91 Å². The smallest absolute Gasteiger partial charge is 0.302 e. The van der Waals surface area contributed by atoms with Crippen LogP contribution in [0.2, 0.25) is 5.02 Å². The highest BCUT2D eigenvalue weighted by Crippen LogP contribution is 2.18. The zero-order valence-electron chi connectivity index (χ0n) is 15.0. The third-order valence-corrected chi connectivity index (χ3v) is 4.43. The number of nitrogens with zero attached hydrogens (tertiary/aromatic N) is 1. The SMILES string of the molecule is CC(=O)OCCNC(=O)[C@@H]1CCCN1C(=O)CNC(=O)c1ccccc1Cl. The second-order valence-corrected chi connectivity index (χ2v) is 6.45. The molecule has 8 nitrogen and oxygen atoms in total. The molecule has 1 aliphatic heterocycles. The monoisotopic (exact) mass is 395 g/mol. The molecule has 1 aliphatic rings. The number of carbonyl (C=O) groups excluding carboxylic acids is 4. The Hall–Kier alpha value is -2.61. The van der Waals surface area contributed by atoms with E-state index in [-0.39, 0.29) is 37.1 Å². The van der Waals surface area contributed by atoms with Crippen molar-refractivity contribution in [2.24, 2.45) is 0 Å². The highest BCUT2D eigenvalue weighted by atomic mass is 35.5.